The lowest BCUT2D eigenvalue weighted by Crippen LogP contribution is -2.28. The molecule has 0 saturated heterocycles. The van der Waals surface area contributed by atoms with Crippen molar-refractivity contribution in [2.45, 2.75) is 13.5 Å². The summed E-state index contributed by atoms with van der Waals surface area (Å²) in [6.07, 6.45) is 1.31. The summed E-state index contributed by atoms with van der Waals surface area (Å²) in [5.74, 6) is 4.33. The second kappa shape index (κ2) is 6.42. The summed E-state index contributed by atoms with van der Waals surface area (Å²) >= 11 is 0. The zero-order valence-electron chi connectivity index (χ0n) is 9.84. The molecule has 0 aromatic carbocycles. The molecule has 0 aliphatic heterocycles. The second-order valence-corrected chi connectivity index (χ2v) is 3.22. The number of carbonyl (C=O) groups excluding carboxylic acids is 1. The van der Waals surface area contributed by atoms with Gasteiger partial charge in [-0.05, 0) is 6.92 Å². The van der Waals surface area contributed by atoms with Crippen LogP contribution in [0.2, 0.25) is 0 Å². The summed E-state index contributed by atoms with van der Waals surface area (Å²) in [5, 5.41) is 8.58. The maximum absolute atomic E-state index is 11.5. The maximum atomic E-state index is 11.5. The third-order valence-corrected chi connectivity index (χ3v) is 1.93. The van der Waals surface area contributed by atoms with Crippen LogP contribution in [0.1, 0.15) is 12.5 Å². The fourth-order valence-electron chi connectivity index (χ4n) is 1.19. The van der Waals surface area contributed by atoms with Gasteiger partial charge < -0.3 is 15.6 Å². The van der Waals surface area contributed by atoms with Gasteiger partial charge in [-0.1, -0.05) is 11.8 Å². The Labute approximate surface area is 103 Å². The zero-order valence-corrected chi connectivity index (χ0v) is 9.84. The van der Waals surface area contributed by atoms with Gasteiger partial charge in [0.1, 0.15) is 19.0 Å². The molecule has 0 atom stereocenters. The van der Waals surface area contributed by atoms with E-state index < -0.39 is 11.7 Å². The smallest absolute Gasteiger partial charge is 0.350 e. The molecule has 1 heterocycles. The van der Waals surface area contributed by atoms with E-state index in [0.717, 1.165) is 4.57 Å². The molecule has 3 N–H and O–H groups in total. The summed E-state index contributed by atoms with van der Waals surface area (Å²) in [5.41, 5.74) is 5.11. The molecule has 0 spiro atoms. The van der Waals surface area contributed by atoms with E-state index in [2.05, 4.69) is 16.8 Å². The minimum atomic E-state index is -0.657. The number of nitrogens with two attached hydrogens (primary N) is 1. The lowest BCUT2D eigenvalue weighted by molar-refractivity contribution is -0.143. The highest BCUT2D eigenvalue weighted by Crippen LogP contribution is 2.02. The molecule has 0 amide bonds. The first-order valence-corrected chi connectivity index (χ1v) is 5.20. The van der Waals surface area contributed by atoms with E-state index >= 15 is 0 Å². The molecule has 0 aliphatic rings. The van der Waals surface area contributed by atoms with Crippen molar-refractivity contribution < 1.29 is 14.6 Å². The predicted octanol–water partition coefficient (Wildman–Crippen LogP) is -1.27. The summed E-state index contributed by atoms with van der Waals surface area (Å²) in [6.45, 7) is 1.30. The Morgan fingerprint density at radius 1 is 1.67 bits per heavy atom. The Kier molecular flexibility index (Phi) is 4.90. The van der Waals surface area contributed by atoms with Gasteiger partial charge in [0.25, 0.3) is 0 Å². The van der Waals surface area contributed by atoms with E-state index in [1.807, 2.05) is 0 Å². The lowest BCUT2D eigenvalue weighted by atomic mass is 10.3. The zero-order chi connectivity index (χ0) is 13.5. The molecule has 7 heteroatoms. The summed E-state index contributed by atoms with van der Waals surface area (Å²) < 4.78 is 5.77. The van der Waals surface area contributed by atoms with Gasteiger partial charge in [-0.3, -0.25) is 9.36 Å². The Bertz CT molecular complexity index is 554. The molecule has 96 valence electrons. The van der Waals surface area contributed by atoms with Gasteiger partial charge in [-0.25, -0.2) is 4.79 Å². The number of nitrogen functional groups attached to an aromatic ring is 1. The molecule has 7 nitrogen and oxygen atoms in total. The minimum absolute atomic E-state index is 0.0407. The molecule has 0 aliphatic carbocycles. The van der Waals surface area contributed by atoms with Gasteiger partial charge in [0.2, 0.25) is 0 Å². The SMILES string of the molecule is CCOC(=O)Cn1cc(C#CCO)c(N)nc1=O. The topological polar surface area (TPSA) is 107 Å². The van der Waals surface area contributed by atoms with Gasteiger partial charge >= 0.3 is 11.7 Å². The number of carbonyl (C=O) groups is 1. The molecule has 0 unspecified atom stereocenters. The number of hydrogen-bond acceptors (Lipinski definition) is 6. The number of aliphatic hydroxyl groups excluding tert-OH is 1. The number of hydrogen-bond donors (Lipinski definition) is 2. The first-order chi connectivity index (χ1) is 8.58. The van der Waals surface area contributed by atoms with Crippen LogP contribution in [0.5, 0.6) is 0 Å². The molecule has 0 bridgehead atoms. The number of anilines is 1. The highest BCUT2D eigenvalue weighted by molar-refractivity contribution is 5.69. The fraction of sp³-hybridized carbons (Fsp3) is 0.364. The number of aromatic nitrogens is 2. The standard InChI is InChI=1S/C11H13N3O4/c1-2-18-9(16)7-14-6-8(4-3-5-15)10(12)13-11(14)17/h6,15H,2,5,7H2,1H3,(H2,12,13,17). The van der Waals surface area contributed by atoms with E-state index in [1.54, 1.807) is 6.92 Å². The molecule has 0 radical (unpaired) electrons. The van der Waals surface area contributed by atoms with Gasteiger partial charge in [0, 0.05) is 6.20 Å². The fourth-order valence-corrected chi connectivity index (χ4v) is 1.19. The third-order valence-electron chi connectivity index (χ3n) is 1.93. The molecule has 0 saturated carbocycles. The van der Waals surface area contributed by atoms with Crippen LogP contribution in [0.3, 0.4) is 0 Å². The number of nitrogens with zero attached hydrogens (tertiary/aromatic N) is 2. The molecule has 1 aromatic heterocycles. The van der Waals surface area contributed by atoms with Crippen molar-refractivity contribution in [1.82, 2.24) is 9.55 Å². The van der Waals surface area contributed by atoms with E-state index in [0.29, 0.717) is 0 Å². The van der Waals surface area contributed by atoms with Crippen LogP contribution < -0.4 is 11.4 Å². The first kappa shape index (κ1) is 13.7. The van der Waals surface area contributed by atoms with Crippen molar-refractivity contribution in [3.8, 4) is 11.8 Å². The van der Waals surface area contributed by atoms with Crippen molar-refractivity contribution in [2.75, 3.05) is 18.9 Å². The van der Waals surface area contributed by atoms with Crippen LogP contribution in [0.25, 0.3) is 0 Å². The molecule has 1 rings (SSSR count). The number of ether oxygens (including phenoxy) is 1. The van der Waals surface area contributed by atoms with E-state index in [4.69, 9.17) is 15.6 Å². The first-order valence-electron chi connectivity index (χ1n) is 5.20. The second-order valence-electron chi connectivity index (χ2n) is 3.22. The molecular weight excluding hydrogens is 238 g/mol. The van der Waals surface area contributed by atoms with Gasteiger partial charge in [0.05, 0.1) is 12.2 Å². The van der Waals surface area contributed by atoms with Crippen LogP contribution >= 0.6 is 0 Å². The predicted molar refractivity (Wildman–Crippen MR) is 63.5 cm³/mol. The van der Waals surface area contributed by atoms with E-state index in [9.17, 15) is 9.59 Å². The monoisotopic (exact) mass is 251 g/mol. The third kappa shape index (κ3) is 3.61. The molecular formula is C11H13N3O4. The van der Waals surface area contributed by atoms with Crippen molar-refractivity contribution in [2.24, 2.45) is 0 Å². The van der Waals surface area contributed by atoms with Crippen LogP contribution in [-0.4, -0.2) is 33.8 Å². The summed E-state index contributed by atoms with van der Waals surface area (Å²) in [6, 6.07) is 0. The number of rotatable bonds is 3. The highest BCUT2D eigenvalue weighted by Gasteiger charge is 2.08. The van der Waals surface area contributed by atoms with Crippen molar-refractivity contribution in [1.29, 1.82) is 0 Å². The van der Waals surface area contributed by atoms with Crippen LogP contribution in [0.4, 0.5) is 5.82 Å². The van der Waals surface area contributed by atoms with Crippen LogP contribution in [0.15, 0.2) is 11.0 Å². The normalized spacial score (nSPS) is 9.44. The van der Waals surface area contributed by atoms with Crippen molar-refractivity contribution in [3.05, 3.63) is 22.2 Å². The van der Waals surface area contributed by atoms with Gasteiger partial charge in [0.15, 0.2) is 0 Å². The summed E-state index contributed by atoms with van der Waals surface area (Å²) in [4.78, 5) is 26.3. The molecule has 18 heavy (non-hydrogen) atoms. The number of aliphatic hydroxyl groups is 1. The number of esters is 1. The highest BCUT2D eigenvalue weighted by atomic mass is 16.5. The average Bonchev–Trinajstić information content (AvgIpc) is 2.31. The van der Waals surface area contributed by atoms with Crippen LogP contribution in [-0.2, 0) is 16.1 Å². The van der Waals surface area contributed by atoms with E-state index in [-0.39, 0.29) is 31.1 Å². The quantitative estimate of drug-likeness (QED) is 0.512. The Morgan fingerprint density at radius 3 is 3.00 bits per heavy atom. The van der Waals surface area contributed by atoms with Crippen molar-refractivity contribution >= 4 is 11.8 Å². The summed E-state index contributed by atoms with van der Waals surface area (Å²) in [7, 11) is 0. The maximum Gasteiger partial charge on any atom is 0.350 e. The molecule has 1 aromatic rings. The Balaban J connectivity index is 3.05. The van der Waals surface area contributed by atoms with Crippen molar-refractivity contribution in [3.63, 3.8) is 0 Å². The van der Waals surface area contributed by atoms with Gasteiger partial charge in [-0.2, -0.15) is 4.98 Å². The minimum Gasteiger partial charge on any atom is -0.465 e. The largest absolute Gasteiger partial charge is 0.465 e. The lowest BCUT2D eigenvalue weighted by Gasteiger charge is -2.06. The van der Waals surface area contributed by atoms with Crippen LogP contribution in [0, 0.1) is 11.8 Å². The average molecular weight is 251 g/mol. The Hall–Kier alpha value is -2.33. The van der Waals surface area contributed by atoms with E-state index in [1.165, 1.54) is 6.20 Å². The van der Waals surface area contributed by atoms with Gasteiger partial charge in [-0.15, -0.1) is 0 Å². The Morgan fingerprint density at radius 2 is 2.39 bits per heavy atom. The molecule has 0 fully saturated rings.